The minimum absolute atomic E-state index is 0.184. The first-order valence-electron chi connectivity index (χ1n) is 9.00. The second kappa shape index (κ2) is 11.6. The zero-order chi connectivity index (χ0) is 21.9. The summed E-state index contributed by atoms with van der Waals surface area (Å²) in [7, 11) is 1.80. The molecule has 0 bridgehead atoms. The Kier molecular flexibility index (Phi) is 8.88. The summed E-state index contributed by atoms with van der Waals surface area (Å²) in [5.41, 5.74) is 2.10. The molecular formula is C23H21FN2O3S. The Bertz CT molecular complexity index is 1040. The number of aliphatic carboxylic acids is 1. The zero-order valence-electron chi connectivity index (χ0n) is 16.3. The van der Waals surface area contributed by atoms with Gasteiger partial charge in [-0.05, 0) is 60.6 Å². The highest BCUT2D eigenvalue weighted by molar-refractivity contribution is 7.80. The van der Waals surface area contributed by atoms with Crippen molar-refractivity contribution in [3.63, 3.8) is 0 Å². The summed E-state index contributed by atoms with van der Waals surface area (Å²) in [5.74, 6) is -1.32. The van der Waals surface area contributed by atoms with Crippen molar-refractivity contribution in [2.45, 2.75) is 11.4 Å². The minimum Gasteiger partial charge on any atom is -0.481 e. The van der Waals surface area contributed by atoms with Gasteiger partial charge in [0.1, 0.15) is 11.6 Å². The molecule has 0 saturated carbocycles. The van der Waals surface area contributed by atoms with Crippen molar-refractivity contribution in [2.24, 2.45) is 0 Å². The van der Waals surface area contributed by atoms with Crippen molar-refractivity contribution in [1.29, 1.82) is 5.26 Å². The Morgan fingerprint density at radius 1 is 1.17 bits per heavy atom. The topological polar surface area (TPSA) is 82.3 Å². The van der Waals surface area contributed by atoms with Gasteiger partial charge in [-0.3, -0.25) is 0 Å². The summed E-state index contributed by atoms with van der Waals surface area (Å²) >= 11 is 4.08. The highest BCUT2D eigenvalue weighted by atomic mass is 32.1. The molecule has 30 heavy (non-hydrogen) atoms. The number of carboxylic acid groups (broad SMARTS) is 1. The van der Waals surface area contributed by atoms with E-state index in [2.05, 4.69) is 17.9 Å². The number of halogens is 1. The van der Waals surface area contributed by atoms with Crippen LogP contribution < -0.4 is 10.1 Å². The molecule has 0 heterocycles. The number of hydrogen-bond donors (Lipinski definition) is 3. The number of benzene rings is 3. The number of hydrogen-bond acceptors (Lipinski definition) is 5. The first-order valence-corrected chi connectivity index (χ1v) is 9.45. The van der Waals surface area contributed by atoms with Crippen LogP contribution in [0.4, 0.5) is 4.39 Å². The second-order valence-corrected chi connectivity index (χ2v) is 6.74. The van der Waals surface area contributed by atoms with Gasteiger partial charge in [-0.1, -0.05) is 24.3 Å². The molecule has 0 aliphatic heterocycles. The average molecular weight is 424 g/mol. The van der Waals surface area contributed by atoms with Gasteiger partial charge in [-0.15, -0.1) is 12.6 Å². The lowest BCUT2D eigenvalue weighted by atomic mass is 10.00. The lowest BCUT2D eigenvalue weighted by Crippen LogP contribution is -2.10. The van der Waals surface area contributed by atoms with E-state index < -0.39 is 18.4 Å². The molecule has 3 aromatic carbocycles. The Balaban J connectivity index is 0.000000386. The molecule has 3 rings (SSSR count). The van der Waals surface area contributed by atoms with E-state index in [1.165, 1.54) is 12.1 Å². The van der Waals surface area contributed by atoms with Gasteiger partial charge in [0, 0.05) is 17.0 Å². The van der Waals surface area contributed by atoms with Crippen molar-refractivity contribution >= 4 is 18.6 Å². The van der Waals surface area contributed by atoms with Crippen molar-refractivity contribution in [3.05, 3.63) is 83.7 Å². The SMILES string of the molecule is CNCc1ccc(OCC(=O)O)c(-c2cc(F)cc(C#N)c2)c1.Sc1ccccc1. The largest absolute Gasteiger partial charge is 0.481 e. The number of thiol groups is 1. The third-order valence-electron chi connectivity index (χ3n) is 3.87. The molecule has 154 valence electrons. The predicted molar refractivity (Wildman–Crippen MR) is 116 cm³/mol. The molecule has 0 amide bonds. The van der Waals surface area contributed by atoms with E-state index in [-0.39, 0.29) is 5.56 Å². The number of rotatable bonds is 6. The van der Waals surface area contributed by atoms with Gasteiger partial charge >= 0.3 is 5.97 Å². The average Bonchev–Trinajstić information content (AvgIpc) is 2.73. The van der Waals surface area contributed by atoms with Crippen molar-refractivity contribution < 1.29 is 19.0 Å². The first-order chi connectivity index (χ1) is 14.4. The van der Waals surface area contributed by atoms with E-state index >= 15 is 0 Å². The van der Waals surface area contributed by atoms with Crippen molar-refractivity contribution in [1.82, 2.24) is 5.32 Å². The fourth-order valence-electron chi connectivity index (χ4n) is 2.62. The molecule has 0 atom stereocenters. The Labute approximate surface area is 180 Å². The van der Waals surface area contributed by atoms with Crippen LogP contribution in [0.3, 0.4) is 0 Å². The summed E-state index contributed by atoms with van der Waals surface area (Å²) in [6.45, 7) is 0.0887. The van der Waals surface area contributed by atoms with Gasteiger partial charge < -0.3 is 15.2 Å². The van der Waals surface area contributed by atoms with Crippen LogP contribution in [-0.2, 0) is 11.3 Å². The highest BCUT2D eigenvalue weighted by Gasteiger charge is 2.12. The number of nitrogens with zero attached hydrogens (tertiary/aromatic N) is 1. The Morgan fingerprint density at radius 2 is 1.90 bits per heavy atom. The van der Waals surface area contributed by atoms with Crippen LogP contribution in [0.1, 0.15) is 11.1 Å². The standard InChI is InChI=1S/C17H15FN2O3.C6H6S/c1-20-9-11-2-3-16(23-10-17(21)22)15(6-11)13-4-12(8-19)5-14(18)7-13;7-6-4-2-1-3-5-6/h2-7,20H,9-10H2,1H3,(H,21,22);1-5,7H. The molecule has 0 saturated heterocycles. The fourth-order valence-corrected chi connectivity index (χ4v) is 2.79. The van der Waals surface area contributed by atoms with Crippen LogP contribution >= 0.6 is 12.6 Å². The van der Waals surface area contributed by atoms with Gasteiger partial charge in [0.2, 0.25) is 0 Å². The normalized spacial score (nSPS) is 9.80. The molecule has 0 radical (unpaired) electrons. The number of carboxylic acids is 1. The lowest BCUT2D eigenvalue weighted by molar-refractivity contribution is -0.139. The summed E-state index contributed by atoms with van der Waals surface area (Å²) in [5, 5.41) is 20.8. The quantitative estimate of drug-likeness (QED) is 0.507. The van der Waals surface area contributed by atoms with Crippen LogP contribution in [0.2, 0.25) is 0 Å². The maximum atomic E-state index is 13.7. The lowest BCUT2D eigenvalue weighted by Gasteiger charge is -2.13. The molecule has 0 aromatic heterocycles. The summed E-state index contributed by atoms with van der Waals surface area (Å²) in [6.07, 6.45) is 0. The van der Waals surface area contributed by atoms with Gasteiger partial charge in [0.25, 0.3) is 0 Å². The third kappa shape index (κ3) is 7.24. The molecule has 0 aliphatic rings. The highest BCUT2D eigenvalue weighted by Crippen LogP contribution is 2.32. The van der Waals surface area contributed by atoms with E-state index in [4.69, 9.17) is 15.1 Å². The second-order valence-electron chi connectivity index (χ2n) is 6.22. The summed E-state index contributed by atoms with van der Waals surface area (Å²) in [6, 6.07) is 20.9. The Hall–Kier alpha value is -3.34. The monoisotopic (exact) mass is 424 g/mol. The number of carbonyl (C=O) groups is 1. The number of ether oxygens (including phenoxy) is 1. The number of nitrogens with one attached hydrogen (secondary N) is 1. The molecule has 7 heteroatoms. The predicted octanol–water partition coefficient (Wildman–Crippen LogP) is 4.52. The molecule has 2 N–H and O–H groups in total. The van der Waals surface area contributed by atoms with Gasteiger partial charge in [-0.2, -0.15) is 5.26 Å². The van der Waals surface area contributed by atoms with E-state index in [1.54, 1.807) is 25.2 Å². The summed E-state index contributed by atoms with van der Waals surface area (Å²) in [4.78, 5) is 11.7. The maximum Gasteiger partial charge on any atom is 0.341 e. The molecule has 5 nitrogen and oxygen atoms in total. The molecule has 3 aromatic rings. The number of nitriles is 1. The van der Waals surface area contributed by atoms with Crippen LogP contribution in [0, 0.1) is 17.1 Å². The molecule has 0 fully saturated rings. The summed E-state index contributed by atoms with van der Waals surface area (Å²) < 4.78 is 19.0. The van der Waals surface area contributed by atoms with Crippen LogP contribution in [0.5, 0.6) is 5.75 Å². The van der Waals surface area contributed by atoms with Crippen molar-refractivity contribution in [2.75, 3.05) is 13.7 Å². The Morgan fingerprint density at radius 3 is 2.47 bits per heavy atom. The van der Waals surface area contributed by atoms with E-state index in [0.717, 1.165) is 16.5 Å². The zero-order valence-corrected chi connectivity index (χ0v) is 17.2. The van der Waals surface area contributed by atoms with E-state index in [0.29, 0.717) is 23.4 Å². The van der Waals surface area contributed by atoms with Crippen molar-refractivity contribution in [3.8, 4) is 22.9 Å². The molecule has 0 spiro atoms. The van der Waals surface area contributed by atoms with Gasteiger partial charge in [0.05, 0.1) is 11.6 Å². The first kappa shape index (κ1) is 22.9. The maximum absolute atomic E-state index is 13.7. The fraction of sp³-hybridized carbons (Fsp3) is 0.130. The smallest absolute Gasteiger partial charge is 0.341 e. The minimum atomic E-state index is -1.10. The van der Waals surface area contributed by atoms with Gasteiger partial charge in [0.15, 0.2) is 6.61 Å². The molecule has 0 unspecified atom stereocenters. The molecule has 0 aliphatic carbocycles. The van der Waals surface area contributed by atoms with Crippen LogP contribution in [0.25, 0.3) is 11.1 Å². The molecular weight excluding hydrogens is 403 g/mol. The van der Waals surface area contributed by atoms with Crippen LogP contribution in [-0.4, -0.2) is 24.7 Å². The van der Waals surface area contributed by atoms with E-state index in [9.17, 15) is 9.18 Å². The third-order valence-corrected chi connectivity index (χ3v) is 4.17. The van der Waals surface area contributed by atoms with Gasteiger partial charge in [-0.25, -0.2) is 9.18 Å². The van der Waals surface area contributed by atoms with E-state index in [1.807, 2.05) is 36.4 Å². The van der Waals surface area contributed by atoms with Crippen LogP contribution in [0.15, 0.2) is 71.6 Å².